The van der Waals surface area contributed by atoms with Crippen LogP contribution in [0.4, 0.5) is 5.95 Å². The molecule has 1 saturated heterocycles. The summed E-state index contributed by atoms with van der Waals surface area (Å²) in [6.07, 6.45) is 7.75. The van der Waals surface area contributed by atoms with Crippen LogP contribution in [0.15, 0.2) is 12.3 Å². The van der Waals surface area contributed by atoms with Gasteiger partial charge in [0.1, 0.15) is 5.69 Å². The van der Waals surface area contributed by atoms with E-state index in [1.165, 1.54) is 0 Å². The SMILES string of the molecule is Nc1nc2c(c(C(=O)N3CCCC(c4ccn[nH]4)C3)n1)CCCC2. The van der Waals surface area contributed by atoms with Gasteiger partial charge >= 0.3 is 0 Å². The van der Waals surface area contributed by atoms with Crippen molar-refractivity contribution in [1.29, 1.82) is 0 Å². The van der Waals surface area contributed by atoms with E-state index in [-0.39, 0.29) is 11.9 Å². The summed E-state index contributed by atoms with van der Waals surface area (Å²) in [4.78, 5) is 23.6. The number of amides is 1. The number of nitrogens with zero attached hydrogens (tertiary/aromatic N) is 4. The smallest absolute Gasteiger partial charge is 0.272 e. The molecule has 2 aromatic heterocycles. The number of carbonyl (C=O) groups excluding carboxylic acids is 1. The van der Waals surface area contributed by atoms with Crippen molar-refractivity contribution in [1.82, 2.24) is 25.1 Å². The normalized spacial score (nSPS) is 20.7. The molecule has 4 rings (SSSR count). The zero-order chi connectivity index (χ0) is 16.5. The highest BCUT2D eigenvalue weighted by Gasteiger charge is 2.30. The van der Waals surface area contributed by atoms with E-state index >= 15 is 0 Å². The summed E-state index contributed by atoms with van der Waals surface area (Å²) in [6, 6.07) is 1.99. The van der Waals surface area contributed by atoms with Gasteiger partial charge in [0.2, 0.25) is 5.95 Å². The highest BCUT2D eigenvalue weighted by Crippen LogP contribution is 2.28. The minimum Gasteiger partial charge on any atom is -0.368 e. The average molecular weight is 326 g/mol. The first-order valence-corrected chi connectivity index (χ1v) is 8.66. The second-order valence-electron chi connectivity index (χ2n) is 6.67. The Kier molecular flexibility index (Phi) is 3.92. The van der Waals surface area contributed by atoms with Crippen molar-refractivity contribution in [3.8, 4) is 0 Å². The van der Waals surface area contributed by atoms with Crippen LogP contribution >= 0.6 is 0 Å². The lowest BCUT2D eigenvalue weighted by Crippen LogP contribution is -2.40. The lowest BCUT2D eigenvalue weighted by atomic mass is 9.92. The summed E-state index contributed by atoms with van der Waals surface area (Å²) in [6.45, 7) is 1.46. The van der Waals surface area contributed by atoms with E-state index in [0.29, 0.717) is 18.2 Å². The summed E-state index contributed by atoms with van der Waals surface area (Å²) in [5.74, 6) is 0.507. The lowest BCUT2D eigenvalue weighted by Gasteiger charge is -2.32. The maximum absolute atomic E-state index is 13.1. The van der Waals surface area contributed by atoms with Gasteiger partial charge in [-0.25, -0.2) is 9.97 Å². The number of aromatic nitrogens is 4. The van der Waals surface area contributed by atoms with Gasteiger partial charge in [-0.2, -0.15) is 5.10 Å². The first-order chi connectivity index (χ1) is 11.7. The summed E-state index contributed by atoms with van der Waals surface area (Å²) < 4.78 is 0. The molecule has 1 aliphatic heterocycles. The predicted octanol–water partition coefficient (Wildman–Crippen LogP) is 1.68. The maximum atomic E-state index is 13.1. The summed E-state index contributed by atoms with van der Waals surface area (Å²) in [5.41, 5.74) is 9.42. The van der Waals surface area contributed by atoms with E-state index < -0.39 is 0 Å². The molecule has 7 heteroatoms. The molecule has 1 aliphatic carbocycles. The molecule has 7 nitrogen and oxygen atoms in total. The number of nitrogen functional groups attached to an aromatic ring is 1. The molecule has 24 heavy (non-hydrogen) atoms. The van der Waals surface area contributed by atoms with Gasteiger partial charge in [0, 0.05) is 42.2 Å². The molecule has 0 saturated carbocycles. The largest absolute Gasteiger partial charge is 0.368 e. The van der Waals surface area contributed by atoms with Crippen LogP contribution < -0.4 is 5.73 Å². The third-order valence-electron chi connectivity index (χ3n) is 5.07. The Hall–Kier alpha value is -2.44. The standard InChI is InChI=1S/C17H22N6O/c18-17-20-14-6-2-1-5-12(14)15(21-17)16(24)23-9-3-4-11(10-23)13-7-8-19-22-13/h7-8,11H,1-6,9-10H2,(H,19,22)(H2,18,20,21). The molecule has 3 N–H and O–H groups in total. The van der Waals surface area contributed by atoms with E-state index in [4.69, 9.17) is 5.73 Å². The Labute approximate surface area is 140 Å². The number of anilines is 1. The van der Waals surface area contributed by atoms with Gasteiger partial charge in [0.25, 0.3) is 5.91 Å². The second-order valence-corrected chi connectivity index (χ2v) is 6.67. The van der Waals surface area contributed by atoms with Crippen molar-refractivity contribution in [3.63, 3.8) is 0 Å². The van der Waals surface area contributed by atoms with Crippen LogP contribution in [0.25, 0.3) is 0 Å². The van der Waals surface area contributed by atoms with Crippen molar-refractivity contribution in [2.24, 2.45) is 0 Å². The van der Waals surface area contributed by atoms with E-state index in [2.05, 4.69) is 20.2 Å². The minimum absolute atomic E-state index is 0.00790. The van der Waals surface area contributed by atoms with Crippen LogP contribution in [-0.2, 0) is 12.8 Å². The fraction of sp³-hybridized carbons (Fsp3) is 0.529. The van der Waals surface area contributed by atoms with Gasteiger partial charge in [0.15, 0.2) is 0 Å². The van der Waals surface area contributed by atoms with Crippen molar-refractivity contribution in [2.45, 2.75) is 44.4 Å². The summed E-state index contributed by atoms with van der Waals surface area (Å²) in [7, 11) is 0. The Morgan fingerprint density at radius 1 is 1.25 bits per heavy atom. The van der Waals surface area contributed by atoms with Crippen LogP contribution in [0.1, 0.15) is 59.0 Å². The van der Waals surface area contributed by atoms with Crippen LogP contribution in [-0.4, -0.2) is 44.1 Å². The maximum Gasteiger partial charge on any atom is 0.272 e. The Morgan fingerprint density at radius 3 is 2.96 bits per heavy atom. The number of hydrogen-bond donors (Lipinski definition) is 2. The molecule has 0 aromatic carbocycles. The number of nitrogens with one attached hydrogen (secondary N) is 1. The highest BCUT2D eigenvalue weighted by molar-refractivity contribution is 5.94. The molecule has 0 bridgehead atoms. The van der Waals surface area contributed by atoms with Crippen molar-refractivity contribution < 1.29 is 4.79 Å². The molecule has 1 fully saturated rings. The average Bonchev–Trinajstić information content (AvgIpc) is 3.15. The van der Waals surface area contributed by atoms with Gasteiger partial charge in [-0.3, -0.25) is 9.89 Å². The fourth-order valence-electron chi connectivity index (χ4n) is 3.85. The number of rotatable bonds is 2. The molecule has 1 unspecified atom stereocenters. The van der Waals surface area contributed by atoms with E-state index in [9.17, 15) is 4.79 Å². The summed E-state index contributed by atoms with van der Waals surface area (Å²) >= 11 is 0. The number of nitrogens with two attached hydrogens (primary N) is 1. The number of aryl methyl sites for hydroxylation is 1. The lowest BCUT2D eigenvalue weighted by molar-refractivity contribution is 0.0698. The zero-order valence-electron chi connectivity index (χ0n) is 13.7. The first-order valence-electron chi connectivity index (χ1n) is 8.66. The zero-order valence-corrected chi connectivity index (χ0v) is 13.7. The highest BCUT2D eigenvalue weighted by atomic mass is 16.2. The topological polar surface area (TPSA) is 101 Å². The minimum atomic E-state index is -0.00790. The monoisotopic (exact) mass is 326 g/mol. The van der Waals surface area contributed by atoms with Gasteiger partial charge in [-0.15, -0.1) is 0 Å². The molecule has 126 valence electrons. The Morgan fingerprint density at radius 2 is 2.12 bits per heavy atom. The molecular weight excluding hydrogens is 304 g/mol. The van der Waals surface area contributed by atoms with Crippen molar-refractivity contribution in [2.75, 3.05) is 18.8 Å². The van der Waals surface area contributed by atoms with Gasteiger partial charge in [-0.1, -0.05) is 0 Å². The molecule has 2 aliphatic rings. The van der Waals surface area contributed by atoms with E-state index in [0.717, 1.165) is 62.0 Å². The third kappa shape index (κ3) is 2.74. The number of piperidine rings is 1. The predicted molar refractivity (Wildman–Crippen MR) is 89.6 cm³/mol. The van der Waals surface area contributed by atoms with Gasteiger partial charge < -0.3 is 10.6 Å². The number of hydrogen-bond acceptors (Lipinski definition) is 5. The molecular formula is C17H22N6O. The Balaban J connectivity index is 1.60. The van der Waals surface area contributed by atoms with Crippen LogP contribution in [0.5, 0.6) is 0 Å². The second kappa shape index (κ2) is 6.22. The van der Waals surface area contributed by atoms with Crippen molar-refractivity contribution >= 4 is 11.9 Å². The number of H-pyrrole nitrogens is 1. The van der Waals surface area contributed by atoms with E-state index in [1.807, 2.05) is 11.0 Å². The van der Waals surface area contributed by atoms with Crippen LogP contribution in [0.2, 0.25) is 0 Å². The molecule has 1 atom stereocenters. The number of carbonyl (C=O) groups is 1. The molecule has 3 heterocycles. The fourth-order valence-corrected chi connectivity index (χ4v) is 3.85. The quantitative estimate of drug-likeness (QED) is 0.874. The number of likely N-dealkylation sites (tertiary alicyclic amines) is 1. The van der Waals surface area contributed by atoms with E-state index in [1.54, 1.807) is 6.20 Å². The van der Waals surface area contributed by atoms with Crippen molar-refractivity contribution in [3.05, 3.63) is 34.9 Å². The van der Waals surface area contributed by atoms with Crippen LogP contribution in [0, 0.1) is 0 Å². The van der Waals surface area contributed by atoms with Gasteiger partial charge in [0.05, 0.1) is 0 Å². The molecule has 2 aromatic rings. The molecule has 0 spiro atoms. The summed E-state index contributed by atoms with van der Waals surface area (Å²) in [5, 5.41) is 7.06. The van der Waals surface area contributed by atoms with Gasteiger partial charge in [-0.05, 0) is 44.6 Å². The number of aromatic amines is 1. The van der Waals surface area contributed by atoms with Crippen LogP contribution in [0.3, 0.4) is 0 Å². The Bertz CT molecular complexity index is 742. The first kappa shape index (κ1) is 15.1. The molecule has 1 amide bonds. The number of fused-ring (bicyclic) bond motifs is 1. The molecule has 0 radical (unpaired) electrons. The third-order valence-corrected chi connectivity index (χ3v) is 5.07.